The lowest BCUT2D eigenvalue weighted by Crippen LogP contribution is -2.11. The zero-order chi connectivity index (χ0) is 12.3. The number of nitrogens with zero attached hydrogens (tertiary/aromatic N) is 4. The summed E-state index contributed by atoms with van der Waals surface area (Å²) < 4.78 is 3.76. The summed E-state index contributed by atoms with van der Waals surface area (Å²) >= 11 is 0. The number of nitrogens with one attached hydrogen (secondary N) is 1. The van der Waals surface area contributed by atoms with Crippen molar-refractivity contribution in [3.63, 3.8) is 0 Å². The Morgan fingerprint density at radius 2 is 2.18 bits per heavy atom. The lowest BCUT2D eigenvalue weighted by Gasteiger charge is -1.98. The van der Waals surface area contributed by atoms with Crippen LogP contribution in [0.3, 0.4) is 0 Å². The van der Waals surface area contributed by atoms with Crippen LogP contribution in [0.15, 0.2) is 18.5 Å². The molecule has 2 aromatic heterocycles. The van der Waals surface area contributed by atoms with Gasteiger partial charge in [-0.25, -0.2) is 0 Å². The second-order valence-corrected chi connectivity index (χ2v) is 4.20. The highest BCUT2D eigenvalue weighted by Gasteiger charge is 2.05. The SMILES string of the molecule is CCNCc1cn(Cc2ccn(C)n2)nc1C. The van der Waals surface area contributed by atoms with Crippen molar-refractivity contribution in [1.82, 2.24) is 24.9 Å². The van der Waals surface area contributed by atoms with E-state index in [-0.39, 0.29) is 0 Å². The maximum absolute atomic E-state index is 4.50. The van der Waals surface area contributed by atoms with E-state index in [0.717, 1.165) is 31.0 Å². The molecule has 1 N–H and O–H groups in total. The van der Waals surface area contributed by atoms with Crippen LogP contribution in [-0.4, -0.2) is 26.1 Å². The van der Waals surface area contributed by atoms with Crippen molar-refractivity contribution in [2.75, 3.05) is 6.54 Å². The van der Waals surface area contributed by atoms with Gasteiger partial charge in [0.05, 0.1) is 17.9 Å². The minimum absolute atomic E-state index is 0.730. The molecule has 0 radical (unpaired) electrons. The van der Waals surface area contributed by atoms with E-state index in [1.165, 1.54) is 5.56 Å². The smallest absolute Gasteiger partial charge is 0.0850 e. The second-order valence-electron chi connectivity index (χ2n) is 4.20. The molecule has 2 aromatic rings. The molecule has 0 aliphatic carbocycles. The molecular formula is C12H19N5. The van der Waals surface area contributed by atoms with Gasteiger partial charge in [0, 0.05) is 31.5 Å². The van der Waals surface area contributed by atoms with Gasteiger partial charge in [-0.2, -0.15) is 10.2 Å². The molecule has 5 heteroatoms. The summed E-state index contributed by atoms with van der Waals surface area (Å²) in [6.45, 7) is 6.73. The predicted molar refractivity (Wildman–Crippen MR) is 66.7 cm³/mol. The molecule has 0 saturated heterocycles. The molecule has 5 nitrogen and oxygen atoms in total. The molecular weight excluding hydrogens is 214 g/mol. The fourth-order valence-corrected chi connectivity index (χ4v) is 1.79. The Labute approximate surface area is 101 Å². The third kappa shape index (κ3) is 2.94. The van der Waals surface area contributed by atoms with E-state index in [4.69, 9.17) is 0 Å². The van der Waals surface area contributed by atoms with Crippen LogP contribution in [0.25, 0.3) is 0 Å². The quantitative estimate of drug-likeness (QED) is 0.840. The van der Waals surface area contributed by atoms with Gasteiger partial charge in [0.15, 0.2) is 0 Å². The third-order valence-corrected chi connectivity index (χ3v) is 2.71. The van der Waals surface area contributed by atoms with Crippen molar-refractivity contribution in [3.8, 4) is 0 Å². The molecule has 0 aliphatic heterocycles. The van der Waals surface area contributed by atoms with Crippen LogP contribution in [0.5, 0.6) is 0 Å². The predicted octanol–water partition coefficient (Wildman–Crippen LogP) is 1.08. The first-order chi connectivity index (χ1) is 8.19. The molecule has 0 unspecified atom stereocenters. The molecule has 0 fully saturated rings. The van der Waals surface area contributed by atoms with Gasteiger partial charge in [0.2, 0.25) is 0 Å². The van der Waals surface area contributed by atoms with Crippen molar-refractivity contribution in [3.05, 3.63) is 35.4 Å². The minimum Gasteiger partial charge on any atom is -0.313 e. The van der Waals surface area contributed by atoms with Crippen LogP contribution in [0.4, 0.5) is 0 Å². The van der Waals surface area contributed by atoms with Gasteiger partial charge in [-0.15, -0.1) is 0 Å². The summed E-state index contributed by atoms with van der Waals surface area (Å²) in [7, 11) is 1.93. The summed E-state index contributed by atoms with van der Waals surface area (Å²) in [4.78, 5) is 0. The molecule has 0 aliphatic rings. The molecule has 2 heterocycles. The molecule has 0 bridgehead atoms. The fraction of sp³-hybridized carbons (Fsp3) is 0.500. The first kappa shape index (κ1) is 11.9. The fourth-order valence-electron chi connectivity index (χ4n) is 1.79. The molecule has 17 heavy (non-hydrogen) atoms. The summed E-state index contributed by atoms with van der Waals surface area (Å²) in [5.41, 5.74) is 3.37. The summed E-state index contributed by atoms with van der Waals surface area (Å²) in [5.74, 6) is 0. The number of hydrogen-bond acceptors (Lipinski definition) is 3. The zero-order valence-electron chi connectivity index (χ0n) is 10.6. The van der Waals surface area contributed by atoms with E-state index in [1.54, 1.807) is 0 Å². The van der Waals surface area contributed by atoms with Crippen molar-refractivity contribution in [2.24, 2.45) is 7.05 Å². The molecule has 0 aromatic carbocycles. The Hall–Kier alpha value is -1.62. The van der Waals surface area contributed by atoms with Gasteiger partial charge in [0.1, 0.15) is 0 Å². The highest BCUT2D eigenvalue weighted by molar-refractivity contribution is 5.15. The summed E-state index contributed by atoms with van der Waals surface area (Å²) in [6, 6.07) is 2.01. The van der Waals surface area contributed by atoms with Crippen molar-refractivity contribution >= 4 is 0 Å². The Kier molecular flexibility index (Phi) is 3.58. The molecule has 0 saturated carbocycles. The molecule has 0 spiro atoms. The van der Waals surface area contributed by atoms with Crippen LogP contribution < -0.4 is 5.32 Å². The van der Waals surface area contributed by atoms with Gasteiger partial charge < -0.3 is 5.32 Å². The topological polar surface area (TPSA) is 47.7 Å². The van der Waals surface area contributed by atoms with E-state index in [0.29, 0.717) is 0 Å². The highest BCUT2D eigenvalue weighted by Crippen LogP contribution is 2.07. The molecule has 2 rings (SSSR count). The minimum atomic E-state index is 0.730. The number of rotatable bonds is 5. The molecule has 92 valence electrons. The van der Waals surface area contributed by atoms with E-state index in [1.807, 2.05) is 35.6 Å². The second kappa shape index (κ2) is 5.14. The van der Waals surface area contributed by atoms with E-state index in [2.05, 4.69) is 28.6 Å². The standard InChI is InChI=1S/C12H19N5/c1-4-13-7-11-8-17(14-10(11)2)9-12-5-6-16(3)15-12/h5-6,8,13H,4,7,9H2,1-3H3. The summed E-state index contributed by atoms with van der Waals surface area (Å²) in [6.07, 6.45) is 4.04. The monoisotopic (exact) mass is 233 g/mol. The molecule has 0 atom stereocenters. The summed E-state index contributed by atoms with van der Waals surface area (Å²) in [5, 5.41) is 12.2. The van der Waals surface area contributed by atoms with Crippen molar-refractivity contribution in [2.45, 2.75) is 26.9 Å². The van der Waals surface area contributed by atoms with E-state index < -0.39 is 0 Å². The Balaban J connectivity index is 2.06. The van der Waals surface area contributed by atoms with E-state index >= 15 is 0 Å². The van der Waals surface area contributed by atoms with Gasteiger partial charge >= 0.3 is 0 Å². The lowest BCUT2D eigenvalue weighted by molar-refractivity contribution is 0.645. The van der Waals surface area contributed by atoms with Gasteiger partial charge in [-0.05, 0) is 19.5 Å². The maximum Gasteiger partial charge on any atom is 0.0850 e. The third-order valence-electron chi connectivity index (χ3n) is 2.71. The van der Waals surface area contributed by atoms with Crippen LogP contribution >= 0.6 is 0 Å². The average Bonchev–Trinajstić information content (AvgIpc) is 2.83. The largest absolute Gasteiger partial charge is 0.313 e. The first-order valence-corrected chi connectivity index (χ1v) is 5.91. The van der Waals surface area contributed by atoms with Crippen LogP contribution in [0, 0.1) is 6.92 Å². The average molecular weight is 233 g/mol. The first-order valence-electron chi connectivity index (χ1n) is 5.91. The van der Waals surface area contributed by atoms with E-state index in [9.17, 15) is 0 Å². The van der Waals surface area contributed by atoms with Crippen molar-refractivity contribution in [1.29, 1.82) is 0 Å². The van der Waals surface area contributed by atoms with Crippen molar-refractivity contribution < 1.29 is 0 Å². The number of aromatic nitrogens is 4. The van der Waals surface area contributed by atoms with Gasteiger partial charge in [-0.1, -0.05) is 6.92 Å². The lowest BCUT2D eigenvalue weighted by atomic mass is 10.2. The molecule has 0 amide bonds. The Morgan fingerprint density at radius 1 is 1.35 bits per heavy atom. The van der Waals surface area contributed by atoms with Crippen LogP contribution in [-0.2, 0) is 20.1 Å². The van der Waals surface area contributed by atoms with Crippen LogP contribution in [0.2, 0.25) is 0 Å². The van der Waals surface area contributed by atoms with Gasteiger partial charge in [0.25, 0.3) is 0 Å². The Morgan fingerprint density at radius 3 is 2.82 bits per heavy atom. The number of aryl methyl sites for hydroxylation is 2. The Bertz CT molecular complexity index is 483. The van der Waals surface area contributed by atoms with Crippen LogP contribution in [0.1, 0.15) is 23.9 Å². The normalized spacial score (nSPS) is 11.0. The number of hydrogen-bond donors (Lipinski definition) is 1. The maximum atomic E-state index is 4.50. The highest BCUT2D eigenvalue weighted by atomic mass is 15.3. The zero-order valence-corrected chi connectivity index (χ0v) is 10.6. The van der Waals surface area contributed by atoms with Gasteiger partial charge in [-0.3, -0.25) is 9.36 Å².